The number of carboxylic acids is 1. The Labute approximate surface area is 171 Å². The number of hydrogen-bond acceptors (Lipinski definition) is 7. The minimum absolute atomic E-state index is 0.136. The Morgan fingerprint density at radius 3 is 2.68 bits per heavy atom. The SMILES string of the molecule is COc1ccc(C(=O)NCCSSCCC(=O)O)cc1OCc1ccccn1. The van der Waals surface area contributed by atoms with Crippen LogP contribution in [0, 0.1) is 0 Å². The number of rotatable bonds is 12. The van der Waals surface area contributed by atoms with Crippen molar-refractivity contribution in [2.24, 2.45) is 0 Å². The topological polar surface area (TPSA) is 97.8 Å². The van der Waals surface area contributed by atoms with Crippen LogP contribution in [-0.4, -0.2) is 47.1 Å². The zero-order valence-electron chi connectivity index (χ0n) is 15.4. The zero-order chi connectivity index (χ0) is 20.2. The summed E-state index contributed by atoms with van der Waals surface area (Å²) < 4.78 is 11.1. The molecule has 1 amide bonds. The Morgan fingerprint density at radius 2 is 1.96 bits per heavy atom. The molecule has 7 nitrogen and oxygen atoms in total. The van der Waals surface area contributed by atoms with Crippen molar-refractivity contribution in [1.29, 1.82) is 0 Å². The molecule has 0 fully saturated rings. The van der Waals surface area contributed by atoms with E-state index in [-0.39, 0.29) is 18.9 Å². The molecular formula is C19H22N2O5S2. The van der Waals surface area contributed by atoms with Crippen molar-refractivity contribution in [2.45, 2.75) is 13.0 Å². The molecular weight excluding hydrogens is 400 g/mol. The highest BCUT2D eigenvalue weighted by Crippen LogP contribution is 2.29. The van der Waals surface area contributed by atoms with Crippen molar-refractivity contribution >= 4 is 33.5 Å². The molecule has 0 saturated carbocycles. The molecule has 150 valence electrons. The van der Waals surface area contributed by atoms with E-state index < -0.39 is 5.97 Å². The first-order chi connectivity index (χ1) is 13.6. The van der Waals surface area contributed by atoms with Gasteiger partial charge in [0.15, 0.2) is 11.5 Å². The van der Waals surface area contributed by atoms with Gasteiger partial charge in [-0.05, 0) is 30.3 Å². The van der Waals surface area contributed by atoms with Gasteiger partial charge in [-0.3, -0.25) is 14.6 Å². The fraction of sp³-hybridized carbons (Fsp3) is 0.316. The predicted molar refractivity (Wildman–Crippen MR) is 111 cm³/mol. The summed E-state index contributed by atoms with van der Waals surface area (Å²) in [6.07, 6.45) is 1.83. The number of amides is 1. The van der Waals surface area contributed by atoms with Gasteiger partial charge in [-0.15, -0.1) is 0 Å². The van der Waals surface area contributed by atoms with E-state index in [0.717, 1.165) is 5.69 Å². The van der Waals surface area contributed by atoms with E-state index in [1.54, 1.807) is 31.5 Å². The lowest BCUT2D eigenvalue weighted by atomic mass is 10.2. The van der Waals surface area contributed by atoms with E-state index in [1.807, 2.05) is 18.2 Å². The molecule has 2 rings (SSSR count). The van der Waals surface area contributed by atoms with Crippen molar-refractivity contribution in [3.63, 3.8) is 0 Å². The maximum Gasteiger partial charge on any atom is 0.304 e. The number of aliphatic carboxylic acids is 1. The monoisotopic (exact) mass is 422 g/mol. The first-order valence-electron chi connectivity index (χ1n) is 8.55. The molecule has 9 heteroatoms. The Bertz CT molecular complexity index is 774. The summed E-state index contributed by atoms with van der Waals surface area (Å²) in [5, 5.41) is 11.4. The van der Waals surface area contributed by atoms with Gasteiger partial charge in [0.25, 0.3) is 5.91 Å². The van der Waals surface area contributed by atoms with Crippen molar-refractivity contribution in [3.05, 3.63) is 53.9 Å². The van der Waals surface area contributed by atoms with Crippen LogP contribution in [-0.2, 0) is 11.4 Å². The zero-order valence-corrected chi connectivity index (χ0v) is 17.1. The second-order valence-electron chi connectivity index (χ2n) is 5.52. The van der Waals surface area contributed by atoms with Crippen molar-refractivity contribution in [2.75, 3.05) is 25.2 Å². The second kappa shape index (κ2) is 12.1. The second-order valence-corrected chi connectivity index (χ2v) is 8.22. The van der Waals surface area contributed by atoms with Crippen molar-refractivity contribution in [3.8, 4) is 11.5 Å². The molecule has 0 aliphatic heterocycles. The van der Waals surface area contributed by atoms with Crippen molar-refractivity contribution < 1.29 is 24.2 Å². The van der Waals surface area contributed by atoms with E-state index >= 15 is 0 Å². The van der Waals surface area contributed by atoms with Crippen LogP contribution in [0.1, 0.15) is 22.5 Å². The molecule has 0 aliphatic rings. The third kappa shape index (κ3) is 7.69. The third-order valence-corrected chi connectivity index (χ3v) is 5.89. The number of hydrogen-bond donors (Lipinski definition) is 2. The molecule has 0 saturated heterocycles. The number of methoxy groups -OCH3 is 1. The van der Waals surface area contributed by atoms with Gasteiger partial charge in [0.2, 0.25) is 0 Å². The van der Waals surface area contributed by atoms with Crippen LogP contribution in [0.3, 0.4) is 0 Å². The van der Waals surface area contributed by atoms with Crippen LogP contribution in [0.15, 0.2) is 42.6 Å². The lowest BCUT2D eigenvalue weighted by molar-refractivity contribution is -0.136. The van der Waals surface area contributed by atoms with Gasteiger partial charge in [-0.2, -0.15) is 0 Å². The minimum atomic E-state index is -0.804. The normalized spacial score (nSPS) is 10.3. The summed E-state index contributed by atoms with van der Waals surface area (Å²) in [6.45, 7) is 0.756. The largest absolute Gasteiger partial charge is 0.493 e. The van der Waals surface area contributed by atoms with Gasteiger partial charge in [0, 0.05) is 29.8 Å². The van der Waals surface area contributed by atoms with E-state index in [1.165, 1.54) is 21.6 Å². The molecule has 0 radical (unpaired) electrons. The molecule has 0 unspecified atom stereocenters. The first kappa shape index (κ1) is 21.9. The summed E-state index contributed by atoms with van der Waals surface area (Å²) in [4.78, 5) is 27.0. The molecule has 2 aromatic rings. The van der Waals surface area contributed by atoms with E-state index in [0.29, 0.717) is 35.1 Å². The van der Waals surface area contributed by atoms with E-state index in [9.17, 15) is 9.59 Å². The molecule has 0 aliphatic carbocycles. The fourth-order valence-electron chi connectivity index (χ4n) is 2.12. The van der Waals surface area contributed by atoms with Crippen LogP contribution in [0.2, 0.25) is 0 Å². The fourth-order valence-corrected chi connectivity index (χ4v) is 4.01. The van der Waals surface area contributed by atoms with E-state index in [2.05, 4.69) is 10.3 Å². The maximum atomic E-state index is 12.3. The van der Waals surface area contributed by atoms with Crippen LogP contribution in [0.5, 0.6) is 11.5 Å². The average Bonchev–Trinajstić information content (AvgIpc) is 2.71. The average molecular weight is 423 g/mol. The Balaban J connectivity index is 1.83. The molecule has 0 atom stereocenters. The lowest BCUT2D eigenvalue weighted by Gasteiger charge is -2.12. The summed E-state index contributed by atoms with van der Waals surface area (Å²) in [5.74, 6) is 1.24. The van der Waals surface area contributed by atoms with Gasteiger partial charge in [-0.1, -0.05) is 27.7 Å². The van der Waals surface area contributed by atoms with Gasteiger partial charge < -0.3 is 19.9 Å². The quantitative estimate of drug-likeness (QED) is 0.397. The number of carbonyl (C=O) groups excluding carboxylic acids is 1. The van der Waals surface area contributed by atoms with Gasteiger partial charge in [-0.25, -0.2) is 0 Å². The van der Waals surface area contributed by atoms with Crippen LogP contribution >= 0.6 is 21.6 Å². The van der Waals surface area contributed by atoms with Gasteiger partial charge in [0.05, 0.1) is 19.2 Å². The summed E-state index contributed by atoms with van der Waals surface area (Å²) in [7, 11) is 4.56. The van der Waals surface area contributed by atoms with Gasteiger partial charge >= 0.3 is 5.97 Å². The number of benzene rings is 1. The van der Waals surface area contributed by atoms with Crippen LogP contribution in [0.4, 0.5) is 0 Å². The molecule has 1 aromatic heterocycles. The lowest BCUT2D eigenvalue weighted by Crippen LogP contribution is -2.25. The van der Waals surface area contributed by atoms with Crippen LogP contribution in [0.25, 0.3) is 0 Å². The Kier molecular flexibility index (Phi) is 9.50. The summed E-state index contributed by atoms with van der Waals surface area (Å²) >= 11 is 0. The van der Waals surface area contributed by atoms with Gasteiger partial charge in [0.1, 0.15) is 6.61 Å². The molecule has 0 spiro atoms. The number of nitrogens with one attached hydrogen (secondary N) is 1. The number of carboxylic acid groups (broad SMARTS) is 1. The maximum absolute atomic E-state index is 12.3. The van der Waals surface area contributed by atoms with Crippen molar-refractivity contribution in [1.82, 2.24) is 10.3 Å². The minimum Gasteiger partial charge on any atom is -0.493 e. The summed E-state index contributed by atoms with van der Waals surface area (Å²) in [5.41, 5.74) is 1.25. The first-order valence-corrected chi connectivity index (χ1v) is 11.0. The molecule has 2 N–H and O–H groups in total. The van der Waals surface area contributed by atoms with E-state index in [4.69, 9.17) is 14.6 Å². The Morgan fingerprint density at radius 1 is 1.14 bits per heavy atom. The highest BCUT2D eigenvalue weighted by atomic mass is 33.1. The number of nitrogens with zero attached hydrogens (tertiary/aromatic N) is 1. The van der Waals surface area contributed by atoms with Crippen LogP contribution < -0.4 is 14.8 Å². The standard InChI is InChI=1S/C19H22N2O5S2/c1-25-16-6-5-14(12-17(16)26-13-15-4-2-3-8-20-15)19(24)21-9-11-28-27-10-7-18(22)23/h2-6,8,12H,7,9-11,13H2,1H3,(H,21,24)(H,22,23). The molecule has 0 bridgehead atoms. The Hall–Kier alpha value is -2.39. The molecule has 1 aromatic carbocycles. The molecule has 1 heterocycles. The number of pyridine rings is 1. The number of carbonyl (C=O) groups is 2. The highest BCUT2D eigenvalue weighted by Gasteiger charge is 2.11. The third-order valence-electron chi connectivity index (χ3n) is 3.48. The number of ether oxygens (including phenoxy) is 2. The smallest absolute Gasteiger partial charge is 0.304 e. The predicted octanol–water partition coefficient (Wildman–Crippen LogP) is 3.26. The molecule has 28 heavy (non-hydrogen) atoms. The summed E-state index contributed by atoms with van der Waals surface area (Å²) in [6, 6.07) is 10.6. The highest BCUT2D eigenvalue weighted by molar-refractivity contribution is 8.76. The number of aromatic nitrogens is 1.